The van der Waals surface area contributed by atoms with Crippen molar-refractivity contribution in [1.29, 1.82) is 0 Å². The van der Waals surface area contributed by atoms with E-state index in [1.54, 1.807) is 11.6 Å². The van der Waals surface area contributed by atoms with E-state index in [1.807, 2.05) is 0 Å². The van der Waals surface area contributed by atoms with E-state index < -0.39 is 10.0 Å². The van der Waals surface area contributed by atoms with Gasteiger partial charge < -0.3 is 0 Å². The zero-order valence-electron chi connectivity index (χ0n) is 6.47. The van der Waals surface area contributed by atoms with Crippen LogP contribution < -0.4 is 5.14 Å². The Morgan fingerprint density at radius 1 is 1.38 bits per heavy atom. The lowest BCUT2D eigenvalue weighted by atomic mass is 10.3. The minimum absolute atomic E-state index is 0.129. The van der Waals surface area contributed by atoms with Crippen LogP contribution in [0.2, 0.25) is 0 Å². The van der Waals surface area contributed by atoms with E-state index >= 15 is 0 Å². The summed E-state index contributed by atoms with van der Waals surface area (Å²) in [5, 5.41) is 4.97. The normalized spacial score (nSPS) is 12.1. The predicted molar refractivity (Wildman–Crippen MR) is 51.0 cm³/mol. The number of nitrogens with zero attached hydrogens (tertiary/aromatic N) is 1. The minimum Gasteiger partial charge on any atom is -0.245 e. The lowest BCUT2D eigenvalue weighted by molar-refractivity contribution is 0.598. The minimum atomic E-state index is -3.59. The maximum absolute atomic E-state index is 11.0. The highest BCUT2D eigenvalue weighted by molar-refractivity contribution is 7.89. The quantitative estimate of drug-likeness (QED) is 0.767. The summed E-state index contributed by atoms with van der Waals surface area (Å²) in [4.78, 5) is 4.15. The van der Waals surface area contributed by atoms with E-state index in [-0.39, 0.29) is 4.90 Å². The van der Waals surface area contributed by atoms with E-state index in [0.29, 0.717) is 0 Å². The monoisotopic (exact) mass is 214 g/mol. The van der Waals surface area contributed by atoms with Crippen LogP contribution in [0.15, 0.2) is 28.6 Å². The fourth-order valence-electron chi connectivity index (χ4n) is 1.01. The lowest BCUT2D eigenvalue weighted by Crippen LogP contribution is -2.11. The first-order valence-corrected chi connectivity index (χ1v) is 5.86. The van der Waals surface area contributed by atoms with Gasteiger partial charge in [-0.2, -0.15) is 0 Å². The van der Waals surface area contributed by atoms with Gasteiger partial charge in [0.2, 0.25) is 10.0 Å². The number of nitrogens with two attached hydrogens (primary N) is 1. The molecule has 0 saturated heterocycles. The number of benzene rings is 1. The number of thiazole rings is 1. The molecule has 0 aliphatic rings. The fourth-order valence-corrected chi connectivity index (χ4v) is 2.34. The molecule has 4 nitrogen and oxygen atoms in total. The smallest absolute Gasteiger partial charge is 0.238 e. The maximum atomic E-state index is 11.0. The first-order valence-electron chi connectivity index (χ1n) is 3.43. The van der Waals surface area contributed by atoms with Crippen molar-refractivity contribution in [2.45, 2.75) is 4.90 Å². The summed E-state index contributed by atoms with van der Waals surface area (Å²) in [6.07, 6.45) is 0. The summed E-state index contributed by atoms with van der Waals surface area (Å²) in [5.41, 5.74) is 2.45. The SMILES string of the molecule is NS(=O)(=O)c1ccc2ncsc2c1. The van der Waals surface area contributed by atoms with Gasteiger partial charge >= 0.3 is 0 Å². The third-order valence-corrected chi connectivity index (χ3v) is 3.33. The Balaban J connectivity index is 2.75. The van der Waals surface area contributed by atoms with Gasteiger partial charge in [0.1, 0.15) is 0 Å². The molecule has 2 N–H and O–H groups in total. The molecule has 0 aliphatic carbocycles. The zero-order valence-corrected chi connectivity index (χ0v) is 8.10. The van der Waals surface area contributed by atoms with Crippen molar-refractivity contribution in [3.63, 3.8) is 0 Å². The molecule has 0 unspecified atom stereocenters. The van der Waals surface area contributed by atoms with Crippen LogP contribution >= 0.6 is 11.3 Å². The largest absolute Gasteiger partial charge is 0.245 e. The second-order valence-electron chi connectivity index (χ2n) is 2.53. The maximum Gasteiger partial charge on any atom is 0.238 e. The first-order chi connectivity index (χ1) is 6.07. The van der Waals surface area contributed by atoms with Gasteiger partial charge in [0, 0.05) is 0 Å². The Morgan fingerprint density at radius 3 is 2.85 bits per heavy atom. The summed E-state index contributed by atoms with van der Waals surface area (Å²) in [6, 6.07) is 4.63. The molecule has 1 aromatic carbocycles. The van der Waals surface area contributed by atoms with Gasteiger partial charge in [0.25, 0.3) is 0 Å². The molecular weight excluding hydrogens is 208 g/mol. The van der Waals surface area contributed by atoms with E-state index in [1.165, 1.54) is 23.5 Å². The molecule has 1 aromatic heterocycles. The number of aromatic nitrogens is 1. The highest BCUT2D eigenvalue weighted by Crippen LogP contribution is 2.20. The van der Waals surface area contributed by atoms with Crippen LogP contribution in [-0.4, -0.2) is 13.4 Å². The zero-order chi connectivity index (χ0) is 9.47. The third kappa shape index (κ3) is 1.55. The third-order valence-electron chi connectivity index (χ3n) is 1.63. The van der Waals surface area contributed by atoms with E-state index in [9.17, 15) is 8.42 Å². The van der Waals surface area contributed by atoms with Crippen molar-refractivity contribution in [3.05, 3.63) is 23.7 Å². The highest BCUT2D eigenvalue weighted by Gasteiger charge is 2.08. The number of primary sulfonamides is 1. The summed E-state index contributed by atoms with van der Waals surface area (Å²) in [5.74, 6) is 0. The summed E-state index contributed by atoms with van der Waals surface area (Å²) < 4.78 is 22.7. The molecule has 0 fully saturated rings. The summed E-state index contributed by atoms with van der Waals surface area (Å²) in [6.45, 7) is 0. The van der Waals surface area contributed by atoms with Crippen LogP contribution in [0.25, 0.3) is 10.2 Å². The van der Waals surface area contributed by atoms with Crippen LogP contribution in [0.3, 0.4) is 0 Å². The van der Waals surface area contributed by atoms with Crippen molar-refractivity contribution in [2.75, 3.05) is 0 Å². The Hall–Kier alpha value is -0.980. The molecule has 0 spiro atoms. The van der Waals surface area contributed by atoms with E-state index in [4.69, 9.17) is 5.14 Å². The second kappa shape index (κ2) is 2.76. The summed E-state index contributed by atoms with van der Waals surface area (Å²) in [7, 11) is -3.59. The van der Waals surface area contributed by atoms with Crippen LogP contribution in [0.5, 0.6) is 0 Å². The molecule has 0 saturated carbocycles. The Morgan fingerprint density at radius 2 is 2.15 bits per heavy atom. The topological polar surface area (TPSA) is 73.1 Å². The average molecular weight is 214 g/mol. The van der Waals surface area contributed by atoms with Gasteiger partial charge in [-0.1, -0.05) is 0 Å². The molecule has 6 heteroatoms. The second-order valence-corrected chi connectivity index (χ2v) is 4.97. The number of fused-ring (bicyclic) bond motifs is 1. The highest BCUT2D eigenvalue weighted by atomic mass is 32.2. The molecular formula is C7H6N2O2S2. The lowest BCUT2D eigenvalue weighted by Gasteiger charge is -1.95. The number of hydrogen-bond donors (Lipinski definition) is 1. The standard InChI is InChI=1S/C7H6N2O2S2/c8-13(10,11)5-1-2-6-7(3-5)12-4-9-6/h1-4H,(H2,8,10,11). The number of hydrogen-bond acceptors (Lipinski definition) is 4. The molecule has 0 aliphatic heterocycles. The molecule has 0 bridgehead atoms. The van der Waals surface area contributed by atoms with Crippen LogP contribution in [0.4, 0.5) is 0 Å². The molecule has 2 aromatic rings. The molecule has 0 radical (unpaired) electrons. The van der Waals surface area contributed by atoms with Crippen LogP contribution in [-0.2, 0) is 10.0 Å². The van der Waals surface area contributed by atoms with Gasteiger partial charge in [-0.25, -0.2) is 18.5 Å². The number of sulfonamides is 1. The predicted octanol–water partition coefficient (Wildman–Crippen LogP) is 0.944. The average Bonchev–Trinajstić information content (AvgIpc) is 2.47. The van der Waals surface area contributed by atoms with Gasteiger partial charge in [0.05, 0.1) is 20.6 Å². The van der Waals surface area contributed by atoms with Crippen molar-refractivity contribution < 1.29 is 8.42 Å². The van der Waals surface area contributed by atoms with Crippen molar-refractivity contribution >= 4 is 31.6 Å². The van der Waals surface area contributed by atoms with Gasteiger partial charge in [-0.15, -0.1) is 11.3 Å². The van der Waals surface area contributed by atoms with E-state index in [0.717, 1.165) is 10.2 Å². The molecule has 0 amide bonds. The Labute approximate surface area is 79.1 Å². The van der Waals surface area contributed by atoms with Gasteiger partial charge in [-0.05, 0) is 18.2 Å². The van der Waals surface area contributed by atoms with E-state index in [2.05, 4.69) is 4.98 Å². The van der Waals surface area contributed by atoms with Gasteiger partial charge in [-0.3, -0.25) is 0 Å². The molecule has 0 atom stereocenters. The molecule has 13 heavy (non-hydrogen) atoms. The van der Waals surface area contributed by atoms with Crippen molar-refractivity contribution in [2.24, 2.45) is 5.14 Å². The van der Waals surface area contributed by atoms with Gasteiger partial charge in [0.15, 0.2) is 0 Å². The molecule has 68 valence electrons. The van der Waals surface area contributed by atoms with Crippen molar-refractivity contribution in [3.8, 4) is 0 Å². The fraction of sp³-hybridized carbons (Fsp3) is 0. The Bertz CT molecular complexity index is 544. The molecule has 2 rings (SSSR count). The van der Waals surface area contributed by atoms with Crippen LogP contribution in [0.1, 0.15) is 0 Å². The number of rotatable bonds is 1. The van der Waals surface area contributed by atoms with Crippen LogP contribution in [0, 0.1) is 0 Å². The Kier molecular flexibility index (Phi) is 1.83. The first kappa shape index (κ1) is 8.61. The summed E-state index contributed by atoms with van der Waals surface area (Å²) >= 11 is 1.39. The molecule has 1 heterocycles. The van der Waals surface area contributed by atoms with Crippen molar-refractivity contribution in [1.82, 2.24) is 4.98 Å².